The van der Waals surface area contributed by atoms with Crippen LogP contribution in [0, 0.1) is 18.3 Å². The van der Waals surface area contributed by atoms with E-state index in [9.17, 15) is 10.1 Å². The molecule has 0 saturated heterocycles. The fraction of sp³-hybridized carbons (Fsp3) is 0.296. The Balaban J connectivity index is 1.71. The smallest absolute Gasteiger partial charge is 0.196 e. The first-order valence-corrected chi connectivity index (χ1v) is 10.8. The highest BCUT2D eigenvalue weighted by Gasteiger charge is 2.33. The fourth-order valence-electron chi connectivity index (χ4n) is 4.34. The summed E-state index contributed by atoms with van der Waals surface area (Å²) in [4.78, 5) is 17.8. The van der Waals surface area contributed by atoms with Gasteiger partial charge in [0.15, 0.2) is 5.78 Å². The van der Waals surface area contributed by atoms with E-state index < -0.39 is 0 Å². The summed E-state index contributed by atoms with van der Waals surface area (Å²) in [6, 6.07) is 18.2. The van der Waals surface area contributed by atoms with Crippen molar-refractivity contribution in [1.29, 1.82) is 5.26 Å². The summed E-state index contributed by atoms with van der Waals surface area (Å²) in [5.41, 5.74) is 6.85. The third-order valence-corrected chi connectivity index (χ3v) is 5.96. The number of carbonyl (C=O) groups is 1. The average Bonchev–Trinajstić information content (AvgIpc) is 3.05. The lowest BCUT2D eigenvalue weighted by Crippen LogP contribution is -2.04. The van der Waals surface area contributed by atoms with Crippen LogP contribution >= 0.6 is 0 Å². The Morgan fingerprint density at radius 2 is 1.60 bits per heavy atom. The maximum Gasteiger partial charge on any atom is 0.196 e. The van der Waals surface area contributed by atoms with Crippen molar-refractivity contribution in [3.05, 3.63) is 76.5 Å². The first-order valence-electron chi connectivity index (χ1n) is 10.8. The molecule has 1 aliphatic carbocycles. The molecule has 3 heteroatoms. The lowest BCUT2D eigenvalue weighted by atomic mass is 9.91. The van der Waals surface area contributed by atoms with Gasteiger partial charge in [-0.25, -0.2) is 0 Å². The number of aryl methyl sites for hydroxylation is 2. The molecule has 1 aliphatic rings. The molecule has 0 unspecified atom stereocenters. The number of rotatable bonds is 7. The van der Waals surface area contributed by atoms with Crippen LogP contribution in [0.1, 0.15) is 71.8 Å². The molecule has 150 valence electrons. The second-order valence-corrected chi connectivity index (χ2v) is 8.02. The van der Waals surface area contributed by atoms with E-state index in [4.69, 9.17) is 0 Å². The van der Waals surface area contributed by atoms with Crippen LogP contribution in [-0.2, 0) is 6.42 Å². The van der Waals surface area contributed by atoms with E-state index >= 15 is 0 Å². The number of carbonyl (C=O) groups excluding carboxylic acids is 1. The zero-order valence-electron chi connectivity index (χ0n) is 17.7. The van der Waals surface area contributed by atoms with Crippen molar-refractivity contribution >= 4 is 5.78 Å². The molecule has 4 rings (SSSR count). The molecule has 0 bridgehead atoms. The molecular weight excluding hydrogens is 368 g/mol. The quantitative estimate of drug-likeness (QED) is 0.330. The number of nitrogens with zero attached hydrogens (tertiary/aromatic N) is 2. The van der Waals surface area contributed by atoms with Gasteiger partial charge >= 0.3 is 0 Å². The number of hydrogen-bond donors (Lipinski definition) is 0. The van der Waals surface area contributed by atoms with Crippen molar-refractivity contribution in [1.82, 2.24) is 4.98 Å². The van der Waals surface area contributed by atoms with Crippen molar-refractivity contribution in [2.75, 3.05) is 0 Å². The van der Waals surface area contributed by atoms with E-state index in [1.807, 2.05) is 43.3 Å². The monoisotopic (exact) mass is 394 g/mol. The van der Waals surface area contributed by atoms with Gasteiger partial charge < -0.3 is 0 Å². The van der Waals surface area contributed by atoms with Crippen LogP contribution in [0.2, 0.25) is 0 Å². The van der Waals surface area contributed by atoms with Crippen molar-refractivity contribution < 1.29 is 4.79 Å². The number of hydrogen-bond acceptors (Lipinski definition) is 3. The van der Waals surface area contributed by atoms with Gasteiger partial charge in [0.05, 0.1) is 22.5 Å². The Morgan fingerprint density at radius 3 is 2.30 bits per heavy atom. The van der Waals surface area contributed by atoms with Crippen LogP contribution < -0.4 is 0 Å². The van der Waals surface area contributed by atoms with Crippen molar-refractivity contribution in [3.63, 3.8) is 0 Å². The van der Waals surface area contributed by atoms with Gasteiger partial charge in [-0.3, -0.25) is 9.78 Å². The van der Waals surface area contributed by atoms with E-state index in [-0.39, 0.29) is 5.78 Å². The second-order valence-electron chi connectivity index (χ2n) is 8.02. The first-order chi connectivity index (χ1) is 14.7. The Morgan fingerprint density at radius 1 is 0.900 bits per heavy atom. The molecule has 1 heterocycles. The predicted molar refractivity (Wildman–Crippen MR) is 120 cm³/mol. The van der Waals surface area contributed by atoms with E-state index in [1.54, 1.807) is 0 Å². The summed E-state index contributed by atoms with van der Waals surface area (Å²) in [6.45, 7) is 4.08. The number of fused-ring (bicyclic) bond motifs is 3. The average molecular weight is 395 g/mol. The zero-order chi connectivity index (χ0) is 21.1. The summed E-state index contributed by atoms with van der Waals surface area (Å²) < 4.78 is 0. The normalized spacial score (nSPS) is 11.8. The Labute approximate surface area is 178 Å². The summed E-state index contributed by atoms with van der Waals surface area (Å²) in [6.07, 6.45) is 7.38. The molecule has 0 saturated carbocycles. The topological polar surface area (TPSA) is 53.8 Å². The second kappa shape index (κ2) is 8.63. The zero-order valence-corrected chi connectivity index (χ0v) is 17.7. The number of nitriles is 1. The van der Waals surface area contributed by atoms with Gasteiger partial charge in [-0.15, -0.1) is 0 Å². The predicted octanol–water partition coefficient (Wildman–Crippen LogP) is 6.65. The molecule has 3 aromatic rings. The van der Waals surface area contributed by atoms with Gasteiger partial charge in [-0.2, -0.15) is 5.26 Å². The molecule has 3 nitrogen and oxygen atoms in total. The van der Waals surface area contributed by atoms with Crippen LogP contribution in [0.25, 0.3) is 22.4 Å². The van der Waals surface area contributed by atoms with Gasteiger partial charge in [-0.05, 0) is 30.9 Å². The molecule has 0 fully saturated rings. The maximum absolute atomic E-state index is 13.2. The molecule has 30 heavy (non-hydrogen) atoms. The molecular formula is C27H26N2O. The number of benzene rings is 2. The van der Waals surface area contributed by atoms with Crippen LogP contribution in [-0.4, -0.2) is 10.8 Å². The highest BCUT2D eigenvalue weighted by Crippen LogP contribution is 2.42. The van der Waals surface area contributed by atoms with Crippen LogP contribution in [0.3, 0.4) is 0 Å². The van der Waals surface area contributed by atoms with E-state index in [2.05, 4.69) is 30.1 Å². The first kappa shape index (κ1) is 20.0. The van der Waals surface area contributed by atoms with Crippen molar-refractivity contribution in [2.24, 2.45) is 0 Å². The van der Waals surface area contributed by atoms with E-state index in [0.717, 1.165) is 23.1 Å². The summed E-state index contributed by atoms with van der Waals surface area (Å²) in [5.74, 6) is -0.0420. The Kier molecular flexibility index (Phi) is 5.77. The van der Waals surface area contributed by atoms with Gasteiger partial charge in [0, 0.05) is 16.7 Å². The molecule has 0 spiro atoms. The molecule has 2 aromatic carbocycles. The standard InChI is InChI=1S/C27H26N2O/c1-3-4-5-6-7-10-19-13-15-20(16-14-19)24-23(17-28)18(2)29-26-21-11-8-9-12-22(21)27(30)25(24)26/h8-9,11-16H,3-7,10H2,1-2H3. The lowest BCUT2D eigenvalue weighted by Gasteiger charge is -2.13. The van der Waals surface area contributed by atoms with E-state index in [1.165, 1.54) is 37.7 Å². The lowest BCUT2D eigenvalue weighted by molar-refractivity contribution is 0.104. The molecule has 0 amide bonds. The van der Waals surface area contributed by atoms with Gasteiger partial charge in [0.25, 0.3) is 0 Å². The number of unbranched alkanes of at least 4 members (excludes halogenated alkanes) is 4. The van der Waals surface area contributed by atoms with Crippen LogP contribution in [0.5, 0.6) is 0 Å². The molecule has 1 aromatic heterocycles. The van der Waals surface area contributed by atoms with Crippen LogP contribution in [0.4, 0.5) is 0 Å². The van der Waals surface area contributed by atoms with Crippen LogP contribution in [0.15, 0.2) is 48.5 Å². The minimum Gasteiger partial charge on any atom is -0.288 e. The Bertz CT molecular complexity index is 1140. The van der Waals surface area contributed by atoms with Crippen molar-refractivity contribution in [2.45, 2.75) is 52.4 Å². The van der Waals surface area contributed by atoms with Gasteiger partial charge in [0.1, 0.15) is 6.07 Å². The van der Waals surface area contributed by atoms with Crippen molar-refractivity contribution in [3.8, 4) is 28.5 Å². The molecule has 0 atom stereocenters. The molecule has 0 aliphatic heterocycles. The summed E-state index contributed by atoms with van der Waals surface area (Å²) in [7, 11) is 0. The number of pyridine rings is 1. The highest BCUT2D eigenvalue weighted by molar-refractivity contribution is 6.24. The third-order valence-electron chi connectivity index (χ3n) is 5.96. The largest absolute Gasteiger partial charge is 0.288 e. The minimum atomic E-state index is -0.0420. The third kappa shape index (κ3) is 3.55. The van der Waals surface area contributed by atoms with Gasteiger partial charge in [-0.1, -0.05) is 81.1 Å². The fourth-order valence-corrected chi connectivity index (χ4v) is 4.34. The number of aromatic nitrogens is 1. The Hall–Kier alpha value is -3.25. The SMILES string of the molecule is CCCCCCCc1ccc(-c2c(C#N)c(C)nc3c2C(=O)c2ccccc2-3)cc1. The highest BCUT2D eigenvalue weighted by atomic mass is 16.1. The minimum absolute atomic E-state index is 0.0420. The summed E-state index contributed by atoms with van der Waals surface area (Å²) in [5, 5.41) is 9.84. The maximum atomic E-state index is 13.2. The molecule has 0 radical (unpaired) electrons. The van der Waals surface area contributed by atoms with Gasteiger partial charge in [0.2, 0.25) is 0 Å². The number of ketones is 1. The van der Waals surface area contributed by atoms with E-state index in [0.29, 0.717) is 28.1 Å². The summed E-state index contributed by atoms with van der Waals surface area (Å²) >= 11 is 0. The molecule has 0 N–H and O–H groups in total.